The van der Waals surface area contributed by atoms with E-state index in [1.165, 1.54) is 0 Å². The topological polar surface area (TPSA) is 54.0 Å². The van der Waals surface area contributed by atoms with Crippen molar-refractivity contribution in [3.05, 3.63) is 35.4 Å². The lowest BCUT2D eigenvalue weighted by Crippen LogP contribution is -2.01. The van der Waals surface area contributed by atoms with Crippen molar-refractivity contribution in [2.45, 2.75) is 12.8 Å². The number of benzene rings is 2. The molecule has 0 heterocycles. The number of methoxy groups -OCH3 is 4. The van der Waals surface area contributed by atoms with Gasteiger partial charge < -0.3 is 18.9 Å². The number of carbonyl (C=O) groups excluding carboxylic acids is 1. The lowest BCUT2D eigenvalue weighted by atomic mass is 9.95. The van der Waals surface area contributed by atoms with Gasteiger partial charge in [0.1, 0.15) is 5.75 Å². The van der Waals surface area contributed by atoms with E-state index in [9.17, 15) is 4.79 Å². The van der Waals surface area contributed by atoms with Gasteiger partial charge in [0.15, 0.2) is 17.3 Å². The minimum absolute atomic E-state index is 0.0834. The fourth-order valence-corrected chi connectivity index (χ4v) is 3.19. The molecule has 0 bridgehead atoms. The molecule has 5 heteroatoms. The normalized spacial score (nSPS) is 12.8. The van der Waals surface area contributed by atoms with E-state index in [-0.39, 0.29) is 5.78 Å². The van der Waals surface area contributed by atoms with Gasteiger partial charge in [-0.3, -0.25) is 4.79 Å². The second-order valence-electron chi connectivity index (χ2n) is 5.51. The summed E-state index contributed by atoms with van der Waals surface area (Å²) >= 11 is 0. The zero-order valence-corrected chi connectivity index (χ0v) is 14.3. The highest BCUT2D eigenvalue weighted by atomic mass is 16.5. The number of ketones is 1. The summed E-state index contributed by atoms with van der Waals surface area (Å²) in [6.45, 7) is 0. The first-order valence-electron chi connectivity index (χ1n) is 7.68. The molecule has 1 aliphatic carbocycles. The highest BCUT2D eigenvalue weighted by Crippen LogP contribution is 2.48. The van der Waals surface area contributed by atoms with E-state index in [1.54, 1.807) is 34.5 Å². The Kier molecular flexibility index (Phi) is 4.34. The van der Waals surface area contributed by atoms with E-state index in [1.807, 2.05) is 18.2 Å². The maximum Gasteiger partial charge on any atom is 0.203 e. The van der Waals surface area contributed by atoms with E-state index in [4.69, 9.17) is 18.9 Å². The maximum atomic E-state index is 12.6. The van der Waals surface area contributed by atoms with Crippen molar-refractivity contribution >= 4 is 5.78 Å². The summed E-state index contributed by atoms with van der Waals surface area (Å²) in [6.07, 6.45) is 0.980. The van der Waals surface area contributed by atoms with Crippen LogP contribution in [0.5, 0.6) is 23.0 Å². The van der Waals surface area contributed by atoms with Crippen molar-refractivity contribution < 1.29 is 23.7 Å². The van der Waals surface area contributed by atoms with Gasteiger partial charge in [0, 0.05) is 17.5 Å². The minimum atomic E-state index is 0.0834. The minimum Gasteiger partial charge on any atom is -0.497 e. The molecule has 0 unspecified atom stereocenters. The van der Waals surface area contributed by atoms with Crippen LogP contribution < -0.4 is 18.9 Å². The Balaban J connectivity index is 2.33. The van der Waals surface area contributed by atoms with Crippen molar-refractivity contribution in [2.75, 3.05) is 28.4 Å². The number of hydrogen-bond donors (Lipinski definition) is 0. The lowest BCUT2D eigenvalue weighted by Gasteiger charge is -2.19. The molecule has 1 aliphatic rings. The fourth-order valence-electron chi connectivity index (χ4n) is 3.19. The van der Waals surface area contributed by atoms with Crippen LogP contribution in [0, 0.1) is 0 Å². The van der Waals surface area contributed by atoms with Crippen molar-refractivity contribution in [3.8, 4) is 34.1 Å². The Hall–Kier alpha value is -2.69. The first-order valence-corrected chi connectivity index (χ1v) is 7.68. The molecule has 24 heavy (non-hydrogen) atoms. The van der Waals surface area contributed by atoms with Gasteiger partial charge in [0.2, 0.25) is 5.75 Å². The molecule has 0 saturated carbocycles. The van der Waals surface area contributed by atoms with E-state index < -0.39 is 0 Å². The molecule has 126 valence electrons. The number of ether oxygens (including phenoxy) is 4. The van der Waals surface area contributed by atoms with Crippen LogP contribution in [0.1, 0.15) is 22.3 Å². The molecule has 5 nitrogen and oxygen atoms in total. The third-order valence-corrected chi connectivity index (χ3v) is 4.35. The van der Waals surface area contributed by atoms with Gasteiger partial charge in [-0.15, -0.1) is 0 Å². The van der Waals surface area contributed by atoms with Gasteiger partial charge in [-0.2, -0.15) is 0 Å². The summed E-state index contributed by atoms with van der Waals surface area (Å²) in [4.78, 5) is 12.6. The average Bonchev–Trinajstić information content (AvgIpc) is 2.76. The first kappa shape index (κ1) is 16.2. The van der Waals surface area contributed by atoms with Crippen molar-refractivity contribution in [1.82, 2.24) is 0 Å². The van der Waals surface area contributed by atoms with Crippen LogP contribution in [-0.2, 0) is 6.42 Å². The predicted molar refractivity (Wildman–Crippen MR) is 90.7 cm³/mol. The van der Waals surface area contributed by atoms with Crippen LogP contribution in [0.3, 0.4) is 0 Å². The smallest absolute Gasteiger partial charge is 0.203 e. The SMILES string of the molecule is COc1ccc2c(c1)C(=O)CCc1c-2cc(OC)c(OC)c1OC. The summed E-state index contributed by atoms with van der Waals surface area (Å²) in [5, 5.41) is 0. The van der Waals surface area contributed by atoms with Crippen molar-refractivity contribution in [2.24, 2.45) is 0 Å². The summed E-state index contributed by atoms with van der Waals surface area (Å²) in [6, 6.07) is 7.45. The molecule has 2 aromatic carbocycles. The summed E-state index contributed by atoms with van der Waals surface area (Å²) in [5.41, 5.74) is 3.38. The molecule has 0 radical (unpaired) electrons. The van der Waals surface area contributed by atoms with Crippen LogP contribution in [0.4, 0.5) is 0 Å². The third kappa shape index (κ3) is 2.46. The van der Waals surface area contributed by atoms with Crippen LogP contribution in [0.2, 0.25) is 0 Å². The molecule has 0 spiro atoms. The maximum absolute atomic E-state index is 12.6. The van der Waals surface area contributed by atoms with Crippen LogP contribution in [0.25, 0.3) is 11.1 Å². The Morgan fingerprint density at radius 3 is 2.12 bits per heavy atom. The van der Waals surface area contributed by atoms with E-state index in [2.05, 4.69) is 0 Å². The molecule has 0 atom stereocenters. The third-order valence-electron chi connectivity index (χ3n) is 4.35. The molecule has 0 amide bonds. The molecule has 0 N–H and O–H groups in total. The number of Topliss-reactive ketones (excluding diaryl/α,β-unsaturated/α-hetero) is 1. The first-order chi connectivity index (χ1) is 11.6. The van der Waals surface area contributed by atoms with E-state index in [0.717, 1.165) is 16.7 Å². The van der Waals surface area contributed by atoms with Crippen LogP contribution in [-0.4, -0.2) is 34.2 Å². The van der Waals surface area contributed by atoms with Gasteiger partial charge in [0.25, 0.3) is 0 Å². The van der Waals surface area contributed by atoms with E-state index >= 15 is 0 Å². The Bertz CT molecular complexity index is 795. The van der Waals surface area contributed by atoms with Crippen LogP contribution in [0.15, 0.2) is 24.3 Å². The molecule has 0 saturated heterocycles. The molecule has 2 aromatic rings. The molecular formula is C19H20O5. The largest absolute Gasteiger partial charge is 0.497 e. The quantitative estimate of drug-likeness (QED) is 0.859. The highest BCUT2D eigenvalue weighted by molar-refractivity contribution is 6.05. The summed E-state index contributed by atoms with van der Waals surface area (Å²) in [5.74, 6) is 2.48. The standard InChI is InChI=1S/C19H20O5/c1-21-11-5-6-12-14-10-17(22-2)19(24-4)18(23-3)13(14)7-8-16(20)15(12)9-11/h5-6,9-10H,7-8H2,1-4H3. The van der Waals surface area contributed by atoms with Crippen molar-refractivity contribution in [1.29, 1.82) is 0 Å². The summed E-state index contributed by atoms with van der Waals surface area (Å²) < 4.78 is 21.8. The number of rotatable bonds is 4. The number of hydrogen-bond acceptors (Lipinski definition) is 5. The molecule has 0 fully saturated rings. The van der Waals surface area contributed by atoms with Gasteiger partial charge in [-0.1, -0.05) is 0 Å². The van der Waals surface area contributed by atoms with E-state index in [0.29, 0.717) is 41.4 Å². The zero-order chi connectivity index (χ0) is 17.3. The zero-order valence-electron chi connectivity index (χ0n) is 14.3. The van der Waals surface area contributed by atoms with Crippen molar-refractivity contribution in [3.63, 3.8) is 0 Å². The monoisotopic (exact) mass is 328 g/mol. The Morgan fingerprint density at radius 1 is 0.750 bits per heavy atom. The Labute approximate surface area is 141 Å². The second kappa shape index (κ2) is 6.43. The highest BCUT2D eigenvalue weighted by Gasteiger charge is 2.27. The summed E-state index contributed by atoms with van der Waals surface area (Å²) in [7, 11) is 6.35. The number of fused-ring (bicyclic) bond motifs is 3. The predicted octanol–water partition coefficient (Wildman–Crippen LogP) is 3.52. The number of carbonyl (C=O) groups is 1. The molecular weight excluding hydrogens is 308 g/mol. The second-order valence-corrected chi connectivity index (χ2v) is 5.51. The molecule has 3 rings (SSSR count). The fraction of sp³-hybridized carbons (Fsp3) is 0.316. The van der Waals surface area contributed by atoms with Gasteiger partial charge in [-0.25, -0.2) is 0 Å². The lowest BCUT2D eigenvalue weighted by molar-refractivity contribution is 0.0984. The van der Waals surface area contributed by atoms with Crippen LogP contribution >= 0.6 is 0 Å². The van der Waals surface area contributed by atoms with Gasteiger partial charge >= 0.3 is 0 Å². The molecule has 0 aromatic heterocycles. The van der Waals surface area contributed by atoms with Gasteiger partial charge in [-0.05, 0) is 41.8 Å². The van der Waals surface area contributed by atoms with Gasteiger partial charge in [0.05, 0.1) is 28.4 Å². The Morgan fingerprint density at radius 2 is 1.50 bits per heavy atom. The molecule has 0 aliphatic heterocycles. The average molecular weight is 328 g/mol.